The lowest BCUT2D eigenvalue weighted by Gasteiger charge is -2.23. The lowest BCUT2D eigenvalue weighted by atomic mass is 10.1. The van der Waals surface area contributed by atoms with E-state index in [9.17, 15) is 14.9 Å². The van der Waals surface area contributed by atoms with E-state index in [0.717, 1.165) is 6.42 Å². The molecule has 7 nitrogen and oxygen atoms in total. The van der Waals surface area contributed by atoms with Crippen LogP contribution in [0.3, 0.4) is 0 Å². The number of nitrogens with two attached hydrogens (primary N) is 1. The van der Waals surface area contributed by atoms with Crippen LogP contribution in [-0.2, 0) is 0 Å². The second-order valence-electron chi connectivity index (χ2n) is 4.84. The van der Waals surface area contributed by atoms with E-state index in [2.05, 4.69) is 0 Å². The first-order chi connectivity index (χ1) is 9.45. The Morgan fingerprint density at radius 1 is 1.55 bits per heavy atom. The van der Waals surface area contributed by atoms with Crippen molar-refractivity contribution in [3.05, 3.63) is 33.9 Å². The van der Waals surface area contributed by atoms with Crippen molar-refractivity contribution >= 4 is 11.6 Å². The number of ether oxygens (including phenoxy) is 1. The Hall–Kier alpha value is -2.15. The van der Waals surface area contributed by atoms with E-state index in [1.807, 2.05) is 6.92 Å². The van der Waals surface area contributed by atoms with E-state index >= 15 is 0 Å². The number of carbonyl (C=O) groups excluding carboxylic acids is 1. The number of hydrogen-bond acceptors (Lipinski definition) is 5. The summed E-state index contributed by atoms with van der Waals surface area (Å²) in [4.78, 5) is 24.4. The molecule has 1 heterocycles. The molecule has 0 aliphatic carbocycles. The van der Waals surface area contributed by atoms with Crippen molar-refractivity contribution in [2.45, 2.75) is 25.4 Å². The molecule has 2 N–H and O–H groups in total. The summed E-state index contributed by atoms with van der Waals surface area (Å²) in [5.41, 5.74) is 5.95. The van der Waals surface area contributed by atoms with Crippen molar-refractivity contribution in [2.75, 3.05) is 13.7 Å². The minimum atomic E-state index is -0.561. The van der Waals surface area contributed by atoms with Crippen LogP contribution in [0, 0.1) is 10.1 Å². The fourth-order valence-corrected chi connectivity index (χ4v) is 2.38. The quantitative estimate of drug-likeness (QED) is 0.661. The zero-order chi connectivity index (χ0) is 14.9. The molecule has 1 aromatic carbocycles. The SMILES string of the molecule is COc1ccc(C(=O)N2CCC(N)C2C)cc1[N+](=O)[O-]. The van der Waals surface area contributed by atoms with Gasteiger partial charge in [0.2, 0.25) is 0 Å². The van der Waals surface area contributed by atoms with Crippen LogP contribution in [0.25, 0.3) is 0 Å². The summed E-state index contributed by atoms with van der Waals surface area (Å²) in [6.45, 7) is 2.45. The molecule has 2 unspecified atom stereocenters. The third kappa shape index (κ3) is 2.44. The van der Waals surface area contributed by atoms with Crippen molar-refractivity contribution in [3.63, 3.8) is 0 Å². The predicted octanol–water partition coefficient (Wildman–Crippen LogP) is 1.17. The Morgan fingerprint density at radius 3 is 2.75 bits per heavy atom. The molecule has 108 valence electrons. The zero-order valence-electron chi connectivity index (χ0n) is 11.4. The van der Waals surface area contributed by atoms with Gasteiger partial charge in [-0.1, -0.05) is 0 Å². The van der Waals surface area contributed by atoms with Crippen LogP contribution in [0.1, 0.15) is 23.7 Å². The smallest absolute Gasteiger partial charge is 0.311 e. The predicted molar refractivity (Wildman–Crippen MR) is 72.7 cm³/mol. The molecule has 1 amide bonds. The molecule has 0 bridgehead atoms. The number of methoxy groups -OCH3 is 1. The fourth-order valence-electron chi connectivity index (χ4n) is 2.38. The molecule has 1 saturated heterocycles. The summed E-state index contributed by atoms with van der Waals surface area (Å²) in [5, 5.41) is 11.0. The van der Waals surface area contributed by atoms with E-state index < -0.39 is 4.92 Å². The first kappa shape index (κ1) is 14.3. The molecule has 2 rings (SSSR count). The summed E-state index contributed by atoms with van der Waals surface area (Å²) < 4.78 is 4.92. The van der Waals surface area contributed by atoms with E-state index in [4.69, 9.17) is 10.5 Å². The Balaban J connectivity index is 2.31. The second-order valence-corrected chi connectivity index (χ2v) is 4.84. The molecule has 0 aromatic heterocycles. The highest BCUT2D eigenvalue weighted by atomic mass is 16.6. The molecular formula is C13H17N3O4. The molecule has 0 radical (unpaired) electrons. The van der Waals surface area contributed by atoms with Gasteiger partial charge in [-0.05, 0) is 25.5 Å². The van der Waals surface area contributed by atoms with Crippen molar-refractivity contribution < 1.29 is 14.5 Å². The van der Waals surface area contributed by atoms with Crippen LogP contribution in [0.4, 0.5) is 5.69 Å². The molecule has 2 atom stereocenters. The number of benzene rings is 1. The number of nitro groups is 1. The van der Waals surface area contributed by atoms with E-state index in [1.165, 1.54) is 25.3 Å². The average Bonchev–Trinajstić information content (AvgIpc) is 2.77. The summed E-state index contributed by atoms with van der Waals surface area (Å²) in [7, 11) is 1.35. The number of carbonyl (C=O) groups is 1. The lowest BCUT2D eigenvalue weighted by molar-refractivity contribution is -0.385. The van der Waals surface area contributed by atoms with Crippen molar-refractivity contribution in [2.24, 2.45) is 5.73 Å². The van der Waals surface area contributed by atoms with Gasteiger partial charge in [0.25, 0.3) is 5.91 Å². The molecule has 0 spiro atoms. The van der Waals surface area contributed by atoms with Crippen molar-refractivity contribution in [1.82, 2.24) is 4.90 Å². The third-order valence-corrected chi connectivity index (χ3v) is 3.70. The van der Waals surface area contributed by atoms with Gasteiger partial charge in [0.05, 0.1) is 12.0 Å². The zero-order valence-corrected chi connectivity index (χ0v) is 11.4. The normalized spacial score (nSPS) is 21.9. The van der Waals surface area contributed by atoms with Gasteiger partial charge in [0, 0.05) is 30.3 Å². The topological polar surface area (TPSA) is 98.7 Å². The largest absolute Gasteiger partial charge is 0.490 e. The summed E-state index contributed by atoms with van der Waals surface area (Å²) >= 11 is 0. The molecule has 0 saturated carbocycles. The maximum Gasteiger partial charge on any atom is 0.311 e. The number of hydrogen-bond donors (Lipinski definition) is 1. The van der Waals surface area contributed by atoms with Crippen LogP contribution in [-0.4, -0.2) is 41.5 Å². The first-order valence-electron chi connectivity index (χ1n) is 6.34. The van der Waals surface area contributed by atoms with Gasteiger partial charge >= 0.3 is 5.69 Å². The van der Waals surface area contributed by atoms with Crippen molar-refractivity contribution in [1.29, 1.82) is 0 Å². The Morgan fingerprint density at radius 2 is 2.25 bits per heavy atom. The minimum Gasteiger partial charge on any atom is -0.490 e. The van der Waals surface area contributed by atoms with E-state index in [0.29, 0.717) is 6.54 Å². The number of amides is 1. The molecule has 20 heavy (non-hydrogen) atoms. The standard InChI is InChI=1S/C13H17N3O4/c1-8-10(14)5-6-15(8)13(17)9-3-4-12(20-2)11(7-9)16(18)19/h3-4,7-8,10H,5-6,14H2,1-2H3. The van der Waals surface area contributed by atoms with E-state index in [-0.39, 0.29) is 35.0 Å². The van der Waals surface area contributed by atoms with Crippen LogP contribution in [0.15, 0.2) is 18.2 Å². The maximum atomic E-state index is 12.4. The van der Waals surface area contributed by atoms with Crippen LogP contribution < -0.4 is 10.5 Å². The van der Waals surface area contributed by atoms with E-state index in [1.54, 1.807) is 4.90 Å². The molecular weight excluding hydrogens is 262 g/mol. The molecule has 1 aromatic rings. The summed E-state index contributed by atoms with van der Waals surface area (Å²) in [6, 6.07) is 4.10. The minimum absolute atomic E-state index is 0.0489. The monoisotopic (exact) mass is 279 g/mol. The van der Waals surface area contributed by atoms with Gasteiger partial charge < -0.3 is 15.4 Å². The third-order valence-electron chi connectivity index (χ3n) is 3.70. The number of likely N-dealkylation sites (tertiary alicyclic amines) is 1. The highest BCUT2D eigenvalue weighted by molar-refractivity contribution is 5.95. The molecule has 7 heteroatoms. The van der Waals surface area contributed by atoms with Gasteiger partial charge in [0.15, 0.2) is 5.75 Å². The lowest BCUT2D eigenvalue weighted by Crippen LogP contribution is -2.40. The first-order valence-corrected chi connectivity index (χ1v) is 6.34. The second kappa shape index (κ2) is 5.46. The number of nitrogens with zero attached hydrogens (tertiary/aromatic N) is 2. The van der Waals surface area contributed by atoms with Crippen LogP contribution in [0.2, 0.25) is 0 Å². The summed E-state index contributed by atoms with van der Waals surface area (Å²) in [5.74, 6) is -0.103. The maximum absolute atomic E-state index is 12.4. The van der Waals surface area contributed by atoms with Gasteiger partial charge in [-0.25, -0.2) is 0 Å². The Labute approximate surface area is 116 Å². The Kier molecular flexibility index (Phi) is 3.89. The van der Waals surface area contributed by atoms with Gasteiger partial charge in [0.1, 0.15) is 0 Å². The average molecular weight is 279 g/mol. The van der Waals surface area contributed by atoms with Gasteiger partial charge in [-0.15, -0.1) is 0 Å². The molecule has 1 aliphatic rings. The fraction of sp³-hybridized carbons (Fsp3) is 0.462. The Bertz CT molecular complexity index is 546. The van der Waals surface area contributed by atoms with Crippen LogP contribution >= 0.6 is 0 Å². The highest BCUT2D eigenvalue weighted by Gasteiger charge is 2.32. The molecule has 1 fully saturated rings. The van der Waals surface area contributed by atoms with Gasteiger partial charge in [-0.3, -0.25) is 14.9 Å². The summed E-state index contributed by atoms with van der Waals surface area (Å²) in [6.07, 6.45) is 0.741. The van der Waals surface area contributed by atoms with Gasteiger partial charge in [-0.2, -0.15) is 0 Å². The molecule has 1 aliphatic heterocycles. The number of rotatable bonds is 3. The highest BCUT2D eigenvalue weighted by Crippen LogP contribution is 2.29. The van der Waals surface area contributed by atoms with Crippen LogP contribution in [0.5, 0.6) is 5.75 Å². The van der Waals surface area contributed by atoms with Crippen molar-refractivity contribution in [3.8, 4) is 5.75 Å². The number of nitro benzene ring substituents is 1.